The summed E-state index contributed by atoms with van der Waals surface area (Å²) in [6.45, 7) is 1.92. The van der Waals surface area contributed by atoms with Crippen molar-refractivity contribution in [2.24, 2.45) is 0 Å². The predicted octanol–water partition coefficient (Wildman–Crippen LogP) is 3.97. The van der Waals surface area contributed by atoms with Crippen LogP contribution >= 0.6 is 0 Å². The first kappa shape index (κ1) is 15.6. The summed E-state index contributed by atoms with van der Waals surface area (Å²) in [5.41, 5.74) is 1.61. The Kier molecular flexibility index (Phi) is 5.20. The van der Waals surface area contributed by atoms with Crippen molar-refractivity contribution in [2.45, 2.75) is 19.8 Å². The van der Waals surface area contributed by atoms with E-state index in [0.29, 0.717) is 17.7 Å². The number of carbonyl (C=O) groups excluding carboxylic acids is 1. The highest BCUT2D eigenvalue weighted by Gasteiger charge is 2.02. The van der Waals surface area contributed by atoms with Crippen molar-refractivity contribution in [3.63, 3.8) is 0 Å². The lowest BCUT2D eigenvalue weighted by molar-refractivity contribution is -0.134. The molecule has 0 amide bonds. The SMILES string of the molecule is CCCC(=O)Oc1ccc(/C=C/c2cc(O)cc(O)c2)cc1. The van der Waals surface area contributed by atoms with E-state index in [-0.39, 0.29) is 17.5 Å². The largest absolute Gasteiger partial charge is 0.508 e. The van der Waals surface area contributed by atoms with E-state index in [1.807, 2.05) is 25.1 Å². The highest BCUT2D eigenvalue weighted by Crippen LogP contribution is 2.22. The number of carbonyl (C=O) groups is 1. The molecular formula is C18H18O4. The van der Waals surface area contributed by atoms with Gasteiger partial charge in [-0.2, -0.15) is 0 Å². The summed E-state index contributed by atoms with van der Waals surface area (Å²) in [6.07, 6.45) is 4.78. The van der Waals surface area contributed by atoms with E-state index in [1.165, 1.54) is 6.07 Å². The maximum atomic E-state index is 11.4. The predicted molar refractivity (Wildman–Crippen MR) is 85.7 cm³/mol. The maximum absolute atomic E-state index is 11.4. The molecule has 0 saturated carbocycles. The minimum Gasteiger partial charge on any atom is -0.508 e. The molecule has 0 radical (unpaired) electrons. The number of benzene rings is 2. The molecule has 22 heavy (non-hydrogen) atoms. The quantitative estimate of drug-likeness (QED) is 0.498. The molecule has 4 nitrogen and oxygen atoms in total. The first-order valence-corrected chi connectivity index (χ1v) is 7.08. The van der Waals surface area contributed by atoms with Crippen molar-refractivity contribution in [3.05, 3.63) is 53.6 Å². The van der Waals surface area contributed by atoms with Gasteiger partial charge in [0.05, 0.1) is 0 Å². The average Bonchev–Trinajstić information content (AvgIpc) is 2.46. The molecule has 114 valence electrons. The van der Waals surface area contributed by atoms with Gasteiger partial charge in [0.2, 0.25) is 0 Å². The van der Waals surface area contributed by atoms with Crippen LogP contribution in [-0.2, 0) is 4.79 Å². The van der Waals surface area contributed by atoms with Crippen LogP contribution in [0.5, 0.6) is 17.2 Å². The number of phenolic OH excluding ortho intramolecular Hbond substituents is 2. The highest BCUT2D eigenvalue weighted by atomic mass is 16.5. The van der Waals surface area contributed by atoms with E-state index in [9.17, 15) is 15.0 Å². The average molecular weight is 298 g/mol. The molecule has 0 saturated heterocycles. The number of phenols is 2. The van der Waals surface area contributed by atoms with Crippen molar-refractivity contribution in [3.8, 4) is 17.2 Å². The van der Waals surface area contributed by atoms with Gasteiger partial charge in [-0.3, -0.25) is 4.79 Å². The van der Waals surface area contributed by atoms with Gasteiger partial charge in [-0.25, -0.2) is 0 Å². The first-order valence-electron chi connectivity index (χ1n) is 7.08. The molecular weight excluding hydrogens is 280 g/mol. The Hall–Kier alpha value is -2.75. The highest BCUT2D eigenvalue weighted by molar-refractivity contribution is 5.73. The molecule has 0 aliphatic rings. The Morgan fingerprint density at radius 2 is 1.59 bits per heavy atom. The molecule has 4 heteroatoms. The van der Waals surface area contributed by atoms with Crippen molar-refractivity contribution < 1.29 is 19.7 Å². The monoisotopic (exact) mass is 298 g/mol. The van der Waals surface area contributed by atoms with Gasteiger partial charge in [0.1, 0.15) is 17.2 Å². The van der Waals surface area contributed by atoms with E-state index >= 15 is 0 Å². The van der Waals surface area contributed by atoms with Crippen LogP contribution in [0.15, 0.2) is 42.5 Å². The summed E-state index contributed by atoms with van der Waals surface area (Å²) in [4.78, 5) is 11.4. The molecule has 2 N–H and O–H groups in total. The van der Waals surface area contributed by atoms with E-state index in [0.717, 1.165) is 12.0 Å². The summed E-state index contributed by atoms with van der Waals surface area (Å²) in [6, 6.07) is 11.5. The molecule has 0 atom stereocenters. The molecule has 0 bridgehead atoms. The zero-order valence-electron chi connectivity index (χ0n) is 12.3. The van der Waals surface area contributed by atoms with Crippen molar-refractivity contribution in [1.29, 1.82) is 0 Å². The molecule has 0 fully saturated rings. The number of rotatable bonds is 5. The van der Waals surface area contributed by atoms with Crippen LogP contribution in [0.25, 0.3) is 12.2 Å². The van der Waals surface area contributed by atoms with Gasteiger partial charge in [-0.15, -0.1) is 0 Å². The van der Waals surface area contributed by atoms with Crippen LogP contribution < -0.4 is 4.74 Å². The van der Waals surface area contributed by atoms with Crippen LogP contribution in [0.3, 0.4) is 0 Å². The number of aromatic hydroxyl groups is 2. The van der Waals surface area contributed by atoms with Crippen molar-refractivity contribution in [1.82, 2.24) is 0 Å². The molecule has 0 aromatic heterocycles. The Bertz CT molecular complexity index is 652. The Labute approximate surface area is 129 Å². The first-order chi connectivity index (χ1) is 10.6. The minimum atomic E-state index is -0.235. The number of ether oxygens (including phenoxy) is 1. The van der Waals surface area contributed by atoms with Crippen LogP contribution in [-0.4, -0.2) is 16.2 Å². The number of hydrogen-bond acceptors (Lipinski definition) is 4. The second-order valence-corrected chi connectivity index (χ2v) is 4.91. The van der Waals surface area contributed by atoms with Gasteiger partial charge in [0.15, 0.2) is 0 Å². The lowest BCUT2D eigenvalue weighted by Crippen LogP contribution is -2.06. The lowest BCUT2D eigenvalue weighted by Gasteiger charge is -2.03. The minimum absolute atomic E-state index is 0.0119. The zero-order chi connectivity index (χ0) is 15.9. The van der Waals surface area contributed by atoms with Gasteiger partial charge in [0.25, 0.3) is 0 Å². The lowest BCUT2D eigenvalue weighted by atomic mass is 10.1. The van der Waals surface area contributed by atoms with Gasteiger partial charge >= 0.3 is 5.97 Å². The summed E-state index contributed by atoms with van der Waals surface area (Å²) >= 11 is 0. The van der Waals surface area contributed by atoms with Crippen LogP contribution in [0.1, 0.15) is 30.9 Å². The fourth-order valence-electron chi connectivity index (χ4n) is 1.94. The fraction of sp³-hybridized carbons (Fsp3) is 0.167. The van der Waals surface area contributed by atoms with E-state index in [2.05, 4.69) is 0 Å². The van der Waals surface area contributed by atoms with Gasteiger partial charge < -0.3 is 14.9 Å². The number of esters is 1. The summed E-state index contributed by atoms with van der Waals surface area (Å²) < 4.78 is 5.17. The third-order valence-electron chi connectivity index (χ3n) is 2.96. The Morgan fingerprint density at radius 1 is 1.00 bits per heavy atom. The van der Waals surface area contributed by atoms with Crippen molar-refractivity contribution >= 4 is 18.1 Å². The standard InChI is InChI=1S/C18H18O4/c1-2-3-18(21)22-17-8-6-13(7-9-17)4-5-14-10-15(19)12-16(20)11-14/h4-12,19-20H,2-3H2,1H3/b5-4+. The number of hydrogen-bond donors (Lipinski definition) is 2. The Morgan fingerprint density at radius 3 is 2.18 bits per heavy atom. The van der Waals surface area contributed by atoms with Gasteiger partial charge in [0, 0.05) is 12.5 Å². The van der Waals surface area contributed by atoms with E-state index in [4.69, 9.17) is 4.74 Å². The maximum Gasteiger partial charge on any atom is 0.311 e. The molecule has 0 aliphatic heterocycles. The molecule has 0 aliphatic carbocycles. The van der Waals surface area contributed by atoms with Crippen LogP contribution in [0, 0.1) is 0 Å². The second kappa shape index (κ2) is 7.31. The normalized spacial score (nSPS) is 10.8. The summed E-state index contributed by atoms with van der Waals surface area (Å²) in [5.74, 6) is 0.308. The summed E-state index contributed by atoms with van der Waals surface area (Å²) in [5, 5.41) is 18.8. The van der Waals surface area contributed by atoms with Gasteiger partial charge in [-0.1, -0.05) is 31.2 Å². The molecule has 0 unspecified atom stereocenters. The third kappa shape index (κ3) is 4.66. The molecule has 2 rings (SSSR count). The molecule has 2 aromatic carbocycles. The zero-order valence-corrected chi connectivity index (χ0v) is 12.3. The smallest absolute Gasteiger partial charge is 0.311 e. The van der Waals surface area contributed by atoms with E-state index < -0.39 is 0 Å². The molecule has 2 aromatic rings. The molecule has 0 spiro atoms. The topological polar surface area (TPSA) is 66.8 Å². The summed E-state index contributed by atoms with van der Waals surface area (Å²) in [7, 11) is 0. The van der Waals surface area contributed by atoms with Crippen molar-refractivity contribution in [2.75, 3.05) is 0 Å². The van der Waals surface area contributed by atoms with E-state index in [1.54, 1.807) is 30.3 Å². The van der Waals surface area contributed by atoms with Gasteiger partial charge in [-0.05, 0) is 41.8 Å². The second-order valence-electron chi connectivity index (χ2n) is 4.91. The Balaban J connectivity index is 2.04. The van der Waals surface area contributed by atoms with Crippen LogP contribution in [0.4, 0.5) is 0 Å². The molecule has 0 heterocycles. The third-order valence-corrected chi connectivity index (χ3v) is 2.96. The fourth-order valence-corrected chi connectivity index (χ4v) is 1.94. The van der Waals surface area contributed by atoms with Crippen LogP contribution in [0.2, 0.25) is 0 Å².